The van der Waals surface area contributed by atoms with Gasteiger partial charge in [-0.15, -0.1) is 10.2 Å². The maximum absolute atomic E-state index is 13.2. The molecule has 194 valence electrons. The van der Waals surface area contributed by atoms with Gasteiger partial charge in [0.05, 0.1) is 20.4 Å². The van der Waals surface area contributed by atoms with Crippen LogP contribution in [-0.4, -0.2) is 39.3 Å². The first-order valence-corrected chi connectivity index (χ1v) is 15.2. The lowest BCUT2D eigenvalue weighted by Gasteiger charge is -2.13. The molecule has 0 bridgehead atoms. The number of amides is 1. The minimum atomic E-state index is -3.67. The van der Waals surface area contributed by atoms with Crippen LogP contribution in [0.25, 0.3) is 15.9 Å². The number of sulfone groups is 1. The van der Waals surface area contributed by atoms with Crippen LogP contribution in [0.3, 0.4) is 0 Å². The average Bonchev–Trinajstić information content (AvgIpc) is 3.47. The number of benzene rings is 3. The summed E-state index contributed by atoms with van der Waals surface area (Å²) >= 11 is 2.63. The number of thiazole rings is 1. The first-order valence-electron chi connectivity index (χ1n) is 11.8. The summed E-state index contributed by atoms with van der Waals surface area (Å²) in [5, 5.41) is 11.8. The molecule has 11 heteroatoms. The number of aromatic nitrogens is 4. The monoisotopic (exact) mass is 563 g/mol. The van der Waals surface area contributed by atoms with E-state index in [1.165, 1.54) is 23.1 Å². The number of aryl methyl sites for hydroxylation is 2. The molecule has 0 saturated heterocycles. The van der Waals surface area contributed by atoms with Gasteiger partial charge in [-0.05, 0) is 62.7 Å². The maximum atomic E-state index is 13.2. The number of hydrogen-bond acceptors (Lipinski definition) is 8. The zero-order chi connectivity index (χ0) is 26.9. The molecular weight excluding hydrogens is 539 g/mol. The Morgan fingerprint density at radius 2 is 1.71 bits per heavy atom. The molecule has 2 aromatic heterocycles. The van der Waals surface area contributed by atoms with E-state index >= 15 is 0 Å². The SMILES string of the molecule is Cc1ccc(S(=O)(=O)Cc2nnc(SC(C)C(=O)Nc3nc4ccc(C)cc4s3)n2-c2ccccc2)cc1. The van der Waals surface area contributed by atoms with E-state index in [1.54, 1.807) is 35.8 Å². The van der Waals surface area contributed by atoms with Gasteiger partial charge in [0.15, 0.2) is 25.9 Å². The second kappa shape index (κ2) is 10.7. The smallest absolute Gasteiger partial charge is 0.239 e. The molecule has 1 unspecified atom stereocenters. The van der Waals surface area contributed by atoms with Crippen LogP contribution in [0.15, 0.2) is 82.8 Å². The van der Waals surface area contributed by atoms with Crippen molar-refractivity contribution in [3.8, 4) is 5.69 Å². The van der Waals surface area contributed by atoms with Crippen molar-refractivity contribution in [3.63, 3.8) is 0 Å². The molecule has 1 N–H and O–H groups in total. The highest BCUT2D eigenvalue weighted by Gasteiger charge is 2.25. The number of carbonyl (C=O) groups excluding carboxylic acids is 1. The van der Waals surface area contributed by atoms with E-state index in [2.05, 4.69) is 20.5 Å². The van der Waals surface area contributed by atoms with Gasteiger partial charge in [-0.2, -0.15) is 0 Å². The minimum absolute atomic E-state index is 0.221. The third kappa shape index (κ3) is 5.64. The molecule has 0 spiro atoms. The van der Waals surface area contributed by atoms with Gasteiger partial charge in [-0.3, -0.25) is 9.36 Å². The van der Waals surface area contributed by atoms with Gasteiger partial charge in [0.1, 0.15) is 5.75 Å². The van der Waals surface area contributed by atoms with Gasteiger partial charge in [0.2, 0.25) is 5.91 Å². The first kappa shape index (κ1) is 26.1. The Balaban J connectivity index is 1.40. The summed E-state index contributed by atoms with van der Waals surface area (Å²) in [6, 6.07) is 22.0. The van der Waals surface area contributed by atoms with Crippen LogP contribution in [0.2, 0.25) is 0 Å². The Hall–Kier alpha value is -3.54. The van der Waals surface area contributed by atoms with Crippen molar-refractivity contribution in [2.45, 2.75) is 41.8 Å². The van der Waals surface area contributed by atoms with Gasteiger partial charge in [-0.25, -0.2) is 13.4 Å². The lowest BCUT2D eigenvalue weighted by atomic mass is 10.2. The molecule has 8 nitrogen and oxygen atoms in total. The number of nitrogens with zero attached hydrogens (tertiary/aromatic N) is 4. The largest absolute Gasteiger partial charge is 0.301 e. The van der Waals surface area contributed by atoms with Gasteiger partial charge in [0, 0.05) is 5.69 Å². The van der Waals surface area contributed by atoms with E-state index in [0.29, 0.717) is 16.0 Å². The van der Waals surface area contributed by atoms with Crippen LogP contribution >= 0.6 is 23.1 Å². The summed E-state index contributed by atoms with van der Waals surface area (Å²) in [6.07, 6.45) is 0. The Morgan fingerprint density at radius 1 is 1.00 bits per heavy atom. The summed E-state index contributed by atoms with van der Waals surface area (Å²) < 4.78 is 29.1. The minimum Gasteiger partial charge on any atom is -0.301 e. The fourth-order valence-electron chi connectivity index (χ4n) is 3.81. The summed E-state index contributed by atoms with van der Waals surface area (Å²) in [6.45, 7) is 5.69. The lowest BCUT2D eigenvalue weighted by molar-refractivity contribution is -0.115. The zero-order valence-corrected chi connectivity index (χ0v) is 23.4. The molecule has 0 saturated carbocycles. The molecule has 0 aliphatic rings. The van der Waals surface area contributed by atoms with Crippen molar-refractivity contribution in [1.29, 1.82) is 0 Å². The predicted molar refractivity (Wildman–Crippen MR) is 152 cm³/mol. The number of thioether (sulfide) groups is 1. The zero-order valence-electron chi connectivity index (χ0n) is 21.0. The van der Waals surface area contributed by atoms with E-state index in [0.717, 1.165) is 21.3 Å². The van der Waals surface area contributed by atoms with Gasteiger partial charge in [0.25, 0.3) is 0 Å². The summed E-state index contributed by atoms with van der Waals surface area (Å²) in [5.41, 5.74) is 3.65. The lowest BCUT2D eigenvalue weighted by Crippen LogP contribution is -2.23. The number of rotatable bonds is 8. The number of anilines is 1. The van der Waals surface area contributed by atoms with Crippen molar-refractivity contribution in [2.24, 2.45) is 0 Å². The topological polar surface area (TPSA) is 107 Å². The molecule has 3 aromatic carbocycles. The molecule has 38 heavy (non-hydrogen) atoms. The third-order valence-electron chi connectivity index (χ3n) is 5.84. The van der Waals surface area contributed by atoms with E-state index < -0.39 is 15.1 Å². The number of carbonyl (C=O) groups is 1. The molecule has 5 aromatic rings. The fourth-order valence-corrected chi connectivity index (χ4v) is 6.91. The Labute approximate surface area is 229 Å². The van der Waals surface area contributed by atoms with Crippen molar-refractivity contribution < 1.29 is 13.2 Å². The van der Waals surface area contributed by atoms with E-state index in [1.807, 2.05) is 62.4 Å². The maximum Gasteiger partial charge on any atom is 0.239 e. The van der Waals surface area contributed by atoms with Crippen molar-refractivity contribution in [2.75, 3.05) is 5.32 Å². The highest BCUT2D eigenvalue weighted by atomic mass is 32.2. The van der Waals surface area contributed by atoms with Crippen LogP contribution in [0.1, 0.15) is 23.9 Å². The van der Waals surface area contributed by atoms with E-state index in [9.17, 15) is 13.2 Å². The Morgan fingerprint density at radius 3 is 2.45 bits per heavy atom. The van der Waals surface area contributed by atoms with Crippen molar-refractivity contribution >= 4 is 54.2 Å². The highest BCUT2D eigenvalue weighted by Crippen LogP contribution is 2.30. The quantitative estimate of drug-likeness (QED) is 0.245. The Kier molecular flexibility index (Phi) is 7.33. The average molecular weight is 564 g/mol. The van der Waals surface area contributed by atoms with Gasteiger partial charge in [-0.1, -0.05) is 65.1 Å². The Bertz CT molecular complexity index is 1710. The van der Waals surface area contributed by atoms with Crippen LogP contribution in [0.5, 0.6) is 0 Å². The summed E-state index contributed by atoms with van der Waals surface area (Å²) in [4.78, 5) is 17.8. The number of para-hydroxylation sites is 1. The molecule has 0 radical (unpaired) electrons. The van der Waals surface area contributed by atoms with Crippen LogP contribution < -0.4 is 5.32 Å². The molecule has 0 fully saturated rings. The highest BCUT2D eigenvalue weighted by molar-refractivity contribution is 8.00. The molecule has 0 aliphatic carbocycles. The van der Waals surface area contributed by atoms with E-state index in [-0.39, 0.29) is 22.4 Å². The molecule has 2 heterocycles. The third-order valence-corrected chi connectivity index (χ3v) is 9.44. The van der Waals surface area contributed by atoms with Crippen LogP contribution in [-0.2, 0) is 20.4 Å². The van der Waals surface area contributed by atoms with E-state index in [4.69, 9.17) is 0 Å². The standard InChI is InChI=1S/C27H25N5O3S3/c1-17-9-12-21(13-10-17)38(34,35)16-24-30-31-27(32(24)20-7-5-4-6-8-20)36-19(3)25(33)29-26-28-22-14-11-18(2)15-23(22)37-26/h4-15,19H,16H2,1-3H3,(H,28,29,33). The molecular formula is C27H25N5O3S3. The summed E-state index contributed by atoms with van der Waals surface area (Å²) in [7, 11) is -3.67. The molecule has 1 atom stereocenters. The normalized spacial score (nSPS) is 12.5. The fraction of sp³-hybridized carbons (Fsp3) is 0.185. The first-order chi connectivity index (χ1) is 18.2. The number of hydrogen-bond donors (Lipinski definition) is 1. The van der Waals surface area contributed by atoms with Gasteiger partial charge < -0.3 is 5.32 Å². The predicted octanol–water partition coefficient (Wildman–Crippen LogP) is 5.59. The number of nitrogens with one attached hydrogen (secondary N) is 1. The number of fused-ring (bicyclic) bond motifs is 1. The van der Waals surface area contributed by atoms with Crippen LogP contribution in [0.4, 0.5) is 5.13 Å². The molecule has 0 aliphatic heterocycles. The van der Waals surface area contributed by atoms with Gasteiger partial charge >= 0.3 is 0 Å². The van der Waals surface area contributed by atoms with Crippen molar-refractivity contribution in [3.05, 3.63) is 89.7 Å². The molecule has 5 rings (SSSR count). The van der Waals surface area contributed by atoms with Crippen molar-refractivity contribution in [1.82, 2.24) is 19.7 Å². The second-order valence-corrected chi connectivity index (χ2v) is 13.2. The second-order valence-electron chi connectivity index (χ2n) is 8.88. The van der Waals surface area contributed by atoms with Crippen LogP contribution in [0, 0.1) is 13.8 Å². The summed E-state index contributed by atoms with van der Waals surface area (Å²) in [5.74, 6) is -0.292. The molecule has 1 amide bonds.